The first-order chi connectivity index (χ1) is 8.28. The summed E-state index contributed by atoms with van der Waals surface area (Å²) >= 11 is 0. The average molecular weight is 229 g/mol. The van der Waals surface area contributed by atoms with Crippen molar-refractivity contribution in [1.29, 1.82) is 0 Å². The lowest BCUT2D eigenvalue weighted by atomic mass is 10.1. The predicted molar refractivity (Wildman–Crippen MR) is 64.4 cm³/mol. The quantitative estimate of drug-likeness (QED) is 0.520. The molecule has 17 heavy (non-hydrogen) atoms. The van der Waals surface area contributed by atoms with E-state index in [-0.39, 0.29) is 5.69 Å². The molecule has 6 nitrogen and oxygen atoms in total. The Morgan fingerprint density at radius 3 is 2.88 bits per heavy atom. The van der Waals surface area contributed by atoms with Gasteiger partial charge in [0, 0.05) is 17.7 Å². The first kappa shape index (κ1) is 9.86. The minimum Gasteiger partial charge on any atom is -0.326 e. The lowest BCUT2D eigenvalue weighted by Crippen LogP contribution is -1.99. The van der Waals surface area contributed by atoms with Gasteiger partial charge in [-0.05, 0) is 12.1 Å². The molecular weight excluding hydrogens is 218 g/mol. The third-order valence-electron chi connectivity index (χ3n) is 2.74. The summed E-state index contributed by atoms with van der Waals surface area (Å²) in [4.78, 5) is 16.6. The molecule has 0 aliphatic rings. The van der Waals surface area contributed by atoms with Gasteiger partial charge in [0.2, 0.25) is 0 Å². The monoisotopic (exact) mass is 229 g/mol. The topological polar surface area (TPSA) is 103 Å². The number of aromatic amines is 3. The molecule has 0 amide bonds. The summed E-state index contributed by atoms with van der Waals surface area (Å²) in [6, 6.07) is 5.66. The summed E-state index contributed by atoms with van der Waals surface area (Å²) < 4.78 is 0. The smallest absolute Gasteiger partial charge is 0.323 e. The second-order valence-electron chi connectivity index (χ2n) is 3.81. The highest BCUT2D eigenvalue weighted by Crippen LogP contribution is 2.23. The van der Waals surface area contributed by atoms with E-state index in [4.69, 9.17) is 5.73 Å². The zero-order valence-corrected chi connectivity index (χ0v) is 8.95. The summed E-state index contributed by atoms with van der Waals surface area (Å²) in [5, 5.41) is 6.88. The number of benzene rings is 1. The zero-order chi connectivity index (χ0) is 11.8. The Morgan fingerprint density at radius 1 is 1.24 bits per heavy atom. The number of aromatic nitrogens is 4. The molecule has 0 spiro atoms. The van der Waals surface area contributed by atoms with Crippen molar-refractivity contribution in [2.45, 2.75) is 6.54 Å². The van der Waals surface area contributed by atoms with Gasteiger partial charge in [0.05, 0.1) is 22.9 Å². The summed E-state index contributed by atoms with van der Waals surface area (Å²) in [7, 11) is 0. The van der Waals surface area contributed by atoms with Crippen LogP contribution in [0.25, 0.3) is 22.3 Å². The van der Waals surface area contributed by atoms with Crippen molar-refractivity contribution < 1.29 is 0 Å². The minimum atomic E-state index is -0.208. The highest BCUT2D eigenvalue weighted by atomic mass is 16.1. The van der Waals surface area contributed by atoms with Crippen LogP contribution in [-0.4, -0.2) is 20.2 Å². The Morgan fingerprint density at radius 2 is 2.06 bits per heavy atom. The van der Waals surface area contributed by atoms with Crippen LogP contribution in [0.1, 0.15) is 5.56 Å². The third-order valence-corrected chi connectivity index (χ3v) is 2.74. The van der Waals surface area contributed by atoms with Crippen LogP contribution < -0.4 is 11.4 Å². The number of H-pyrrole nitrogens is 3. The number of nitrogens with one attached hydrogen (secondary N) is 3. The Hall–Kier alpha value is -2.34. The summed E-state index contributed by atoms with van der Waals surface area (Å²) in [6.07, 6.45) is 1.71. The zero-order valence-electron chi connectivity index (χ0n) is 8.95. The fourth-order valence-corrected chi connectivity index (χ4v) is 1.90. The number of nitrogens with zero attached hydrogens (tertiary/aromatic N) is 1. The lowest BCUT2D eigenvalue weighted by molar-refractivity contribution is 1.08. The molecule has 0 aliphatic carbocycles. The van der Waals surface area contributed by atoms with E-state index in [9.17, 15) is 4.79 Å². The van der Waals surface area contributed by atoms with Gasteiger partial charge >= 0.3 is 5.69 Å². The van der Waals surface area contributed by atoms with Crippen LogP contribution in [0.3, 0.4) is 0 Å². The lowest BCUT2D eigenvalue weighted by Gasteiger charge is -2.01. The Bertz CT molecular complexity index is 721. The largest absolute Gasteiger partial charge is 0.326 e. The maximum Gasteiger partial charge on any atom is 0.323 e. The predicted octanol–water partition coefficient (Wildman–Crippen LogP) is 0.705. The molecule has 86 valence electrons. The van der Waals surface area contributed by atoms with Gasteiger partial charge in [-0.25, -0.2) is 4.79 Å². The van der Waals surface area contributed by atoms with E-state index in [0.717, 1.165) is 27.9 Å². The second-order valence-corrected chi connectivity index (χ2v) is 3.81. The van der Waals surface area contributed by atoms with Gasteiger partial charge in [0.15, 0.2) is 0 Å². The molecule has 0 unspecified atom stereocenters. The van der Waals surface area contributed by atoms with Crippen LogP contribution in [0.4, 0.5) is 0 Å². The summed E-state index contributed by atoms with van der Waals surface area (Å²) in [6.45, 7) is 0.424. The average Bonchev–Trinajstić information content (AvgIpc) is 2.91. The third kappa shape index (κ3) is 1.55. The standard InChI is InChI=1S/C11H11N5O/c12-4-7-5-13-16-10(7)6-1-2-8-9(3-6)15-11(17)14-8/h1-3,5H,4,12H2,(H,13,16)(H2,14,15,17). The Labute approximate surface area is 95.9 Å². The number of rotatable bonds is 2. The van der Waals surface area contributed by atoms with E-state index < -0.39 is 0 Å². The summed E-state index contributed by atoms with van der Waals surface area (Å²) in [5.41, 5.74) is 9.75. The van der Waals surface area contributed by atoms with Crippen LogP contribution in [0.2, 0.25) is 0 Å². The van der Waals surface area contributed by atoms with Crippen LogP contribution in [0.15, 0.2) is 29.2 Å². The van der Waals surface area contributed by atoms with Crippen LogP contribution in [0.5, 0.6) is 0 Å². The highest BCUT2D eigenvalue weighted by Gasteiger charge is 2.07. The van der Waals surface area contributed by atoms with Crippen molar-refractivity contribution in [3.8, 4) is 11.3 Å². The van der Waals surface area contributed by atoms with Crippen molar-refractivity contribution in [2.24, 2.45) is 5.73 Å². The number of fused-ring (bicyclic) bond motifs is 1. The molecule has 0 radical (unpaired) electrons. The molecule has 0 bridgehead atoms. The Kier molecular flexibility index (Phi) is 2.09. The van der Waals surface area contributed by atoms with Crippen molar-refractivity contribution in [2.75, 3.05) is 0 Å². The number of hydrogen-bond acceptors (Lipinski definition) is 3. The van der Waals surface area contributed by atoms with Crippen molar-refractivity contribution in [3.63, 3.8) is 0 Å². The molecule has 2 heterocycles. The van der Waals surface area contributed by atoms with E-state index in [1.807, 2.05) is 18.2 Å². The molecule has 0 saturated carbocycles. The molecule has 0 saturated heterocycles. The van der Waals surface area contributed by atoms with E-state index in [1.165, 1.54) is 0 Å². The van der Waals surface area contributed by atoms with Gasteiger partial charge < -0.3 is 15.7 Å². The second kappa shape index (κ2) is 3.60. The maximum absolute atomic E-state index is 11.2. The molecule has 0 aliphatic heterocycles. The van der Waals surface area contributed by atoms with E-state index in [1.54, 1.807) is 6.20 Å². The normalized spacial score (nSPS) is 11.1. The highest BCUT2D eigenvalue weighted by molar-refractivity contribution is 5.81. The van der Waals surface area contributed by atoms with Crippen LogP contribution in [-0.2, 0) is 6.54 Å². The number of nitrogens with two attached hydrogens (primary N) is 1. The van der Waals surface area contributed by atoms with Gasteiger partial charge in [-0.2, -0.15) is 5.10 Å². The van der Waals surface area contributed by atoms with E-state index in [0.29, 0.717) is 6.54 Å². The number of imidazole rings is 1. The van der Waals surface area contributed by atoms with Gasteiger partial charge in [-0.3, -0.25) is 5.10 Å². The molecule has 5 N–H and O–H groups in total. The van der Waals surface area contributed by atoms with E-state index in [2.05, 4.69) is 20.2 Å². The van der Waals surface area contributed by atoms with Crippen LogP contribution >= 0.6 is 0 Å². The molecule has 6 heteroatoms. The minimum absolute atomic E-state index is 0.208. The first-order valence-corrected chi connectivity index (χ1v) is 5.22. The molecule has 3 rings (SSSR count). The fraction of sp³-hybridized carbons (Fsp3) is 0.0909. The van der Waals surface area contributed by atoms with Gasteiger partial charge in [-0.15, -0.1) is 0 Å². The SMILES string of the molecule is NCc1cn[nH]c1-c1ccc2[nH]c(=O)[nH]c2c1. The molecule has 2 aromatic heterocycles. The first-order valence-electron chi connectivity index (χ1n) is 5.22. The molecule has 1 aromatic carbocycles. The van der Waals surface area contributed by atoms with Crippen LogP contribution in [0, 0.1) is 0 Å². The van der Waals surface area contributed by atoms with E-state index >= 15 is 0 Å². The maximum atomic E-state index is 11.2. The number of hydrogen-bond donors (Lipinski definition) is 4. The Balaban J connectivity index is 2.20. The molecule has 3 aromatic rings. The van der Waals surface area contributed by atoms with Gasteiger partial charge in [0.25, 0.3) is 0 Å². The molecule has 0 fully saturated rings. The van der Waals surface area contributed by atoms with Crippen molar-refractivity contribution >= 4 is 11.0 Å². The van der Waals surface area contributed by atoms with Gasteiger partial charge in [-0.1, -0.05) is 6.07 Å². The summed E-state index contributed by atoms with van der Waals surface area (Å²) in [5.74, 6) is 0. The van der Waals surface area contributed by atoms with Crippen molar-refractivity contribution in [1.82, 2.24) is 20.2 Å². The van der Waals surface area contributed by atoms with Crippen molar-refractivity contribution in [3.05, 3.63) is 40.4 Å². The molecular formula is C11H11N5O. The molecule has 0 atom stereocenters. The fourth-order valence-electron chi connectivity index (χ4n) is 1.90. The van der Waals surface area contributed by atoms with Gasteiger partial charge in [0.1, 0.15) is 0 Å².